The third kappa shape index (κ3) is 10.8. The first-order valence-corrected chi connectivity index (χ1v) is 20.9. The normalized spacial score (nSPS) is 12.0. The van der Waals surface area contributed by atoms with E-state index >= 15 is 0 Å². The third-order valence-corrected chi connectivity index (χ3v) is 14.3. The van der Waals surface area contributed by atoms with E-state index in [4.69, 9.17) is 4.98 Å². The van der Waals surface area contributed by atoms with Crippen LogP contribution in [0.5, 0.6) is 0 Å². The van der Waals surface area contributed by atoms with Crippen molar-refractivity contribution in [3.63, 3.8) is 0 Å². The van der Waals surface area contributed by atoms with Crippen LogP contribution in [0.1, 0.15) is 89.7 Å². The quantitative estimate of drug-likeness (QED) is 0.224. The molecular formula is C20H39NSSn. The number of hydrogen-bond acceptors (Lipinski definition) is 2. The van der Waals surface area contributed by atoms with Gasteiger partial charge in [0.1, 0.15) is 0 Å². The van der Waals surface area contributed by atoms with Gasteiger partial charge in [0.25, 0.3) is 0 Å². The SMILES string of the molecule is CCCCCCCCCCCCCCc1cs[c]([Sn]([CH3])([CH3])[CH3])n1. The van der Waals surface area contributed by atoms with E-state index in [1.807, 2.05) is 11.3 Å². The maximum absolute atomic E-state index is 4.88. The monoisotopic (exact) mass is 445 g/mol. The Kier molecular flexibility index (Phi) is 11.9. The van der Waals surface area contributed by atoms with Crippen molar-refractivity contribution in [1.29, 1.82) is 0 Å². The molecule has 0 saturated heterocycles. The topological polar surface area (TPSA) is 12.9 Å². The Bertz CT molecular complexity index is 395. The van der Waals surface area contributed by atoms with Crippen LogP contribution in [0.25, 0.3) is 0 Å². The molecule has 134 valence electrons. The number of hydrogen-bond donors (Lipinski definition) is 0. The van der Waals surface area contributed by atoms with Gasteiger partial charge in [-0.15, -0.1) is 0 Å². The van der Waals surface area contributed by atoms with E-state index in [9.17, 15) is 0 Å². The molecule has 23 heavy (non-hydrogen) atoms. The predicted molar refractivity (Wildman–Crippen MR) is 110 cm³/mol. The summed E-state index contributed by atoms with van der Waals surface area (Å²) >= 11 is 0.0186. The molecule has 0 fully saturated rings. The van der Waals surface area contributed by atoms with Crippen molar-refractivity contribution in [2.75, 3.05) is 0 Å². The number of unbranched alkanes of at least 4 members (excludes halogenated alkanes) is 11. The van der Waals surface area contributed by atoms with Crippen molar-refractivity contribution in [2.24, 2.45) is 0 Å². The molecule has 0 N–H and O–H groups in total. The van der Waals surface area contributed by atoms with E-state index in [2.05, 4.69) is 27.1 Å². The average molecular weight is 444 g/mol. The molecule has 0 atom stereocenters. The van der Waals surface area contributed by atoms with E-state index in [1.54, 1.807) is 0 Å². The van der Waals surface area contributed by atoms with Gasteiger partial charge in [-0.1, -0.05) is 32.6 Å². The summed E-state index contributed by atoms with van der Waals surface area (Å²) in [5, 5.41) is 2.32. The van der Waals surface area contributed by atoms with Gasteiger partial charge in [-0.2, -0.15) is 0 Å². The Hall–Kier alpha value is 0.429. The summed E-state index contributed by atoms with van der Waals surface area (Å²) in [6.45, 7) is 2.29. The van der Waals surface area contributed by atoms with Gasteiger partial charge in [0.2, 0.25) is 0 Å². The van der Waals surface area contributed by atoms with Crippen LogP contribution in [-0.2, 0) is 6.42 Å². The molecule has 0 unspecified atom stereocenters. The van der Waals surface area contributed by atoms with E-state index in [0.29, 0.717) is 0 Å². The standard InChI is InChI=1S/C17H30NS.3CH3.Sn/c1-2-3-4-5-6-7-8-9-10-11-12-13-14-17-15-19-16-18-17;;;;/h15H,2-14H2,1H3;3*1H3;. The first-order chi connectivity index (χ1) is 11.0. The summed E-state index contributed by atoms with van der Waals surface area (Å²) < 4.78 is 1.49. The zero-order valence-corrected chi connectivity index (χ0v) is 19.8. The fourth-order valence-electron chi connectivity index (χ4n) is 2.91. The predicted octanol–water partition coefficient (Wildman–Crippen LogP) is 6.93. The minimum atomic E-state index is -1.90. The Morgan fingerprint density at radius 3 is 1.70 bits per heavy atom. The molecule has 1 aromatic rings. The molecule has 0 aliphatic heterocycles. The average Bonchev–Trinajstić information content (AvgIpc) is 2.97. The fourth-order valence-corrected chi connectivity index (χ4v) is 8.75. The van der Waals surface area contributed by atoms with Crippen molar-refractivity contribution in [2.45, 2.75) is 105 Å². The van der Waals surface area contributed by atoms with Gasteiger partial charge in [0.15, 0.2) is 0 Å². The second-order valence-corrected chi connectivity index (χ2v) is 24.1. The molecule has 3 heteroatoms. The molecule has 0 radical (unpaired) electrons. The van der Waals surface area contributed by atoms with Crippen LogP contribution in [-0.4, -0.2) is 23.4 Å². The van der Waals surface area contributed by atoms with Gasteiger partial charge >= 0.3 is 121 Å². The Morgan fingerprint density at radius 2 is 1.26 bits per heavy atom. The molecule has 0 aromatic carbocycles. The molecule has 1 nitrogen and oxygen atoms in total. The fraction of sp³-hybridized carbons (Fsp3) is 0.850. The summed E-state index contributed by atoms with van der Waals surface area (Å²) in [7, 11) is 0. The molecule has 1 heterocycles. The number of thiazole rings is 1. The zero-order chi connectivity index (χ0) is 17.0. The van der Waals surface area contributed by atoms with Gasteiger partial charge in [0.05, 0.1) is 0 Å². The van der Waals surface area contributed by atoms with Crippen molar-refractivity contribution in [3.05, 3.63) is 11.1 Å². The van der Waals surface area contributed by atoms with Gasteiger partial charge in [-0.05, 0) is 0 Å². The van der Waals surface area contributed by atoms with Crippen molar-refractivity contribution < 1.29 is 0 Å². The summed E-state index contributed by atoms with van der Waals surface area (Å²) in [5.41, 5.74) is 1.36. The Morgan fingerprint density at radius 1 is 0.783 bits per heavy atom. The molecule has 0 bridgehead atoms. The third-order valence-electron chi connectivity index (χ3n) is 4.48. The number of aromatic nitrogens is 1. The van der Waals surface area contributed by atoms with Crippen molar-refractivity contribution >= 4 is 32.7 Å². The number of aryl methyl sites for hydroxylation is 1. The zero-order valence-electron chi connectivity index (χ0n) is 16.1. The first kappa shape index (κ1) is 21.5. The van der Waals surface area contributed by atoms with Crippen LogP contribution in [0.15, 0.2) is 5.38 Å². The summed E-state index contributed by atoms with van der Waals surface area (Å²) in [5.74, 6) is 0. The second-order valence-electron chi connectivity index (χ2n) is 8.03. The Labute approximate surface area is 153 Å². The van der Waals surface area contributed by atoms with E-state index in [0.717, 1.165) is 0 Å². The first-order valence-electron chi connectivity index (χ1n) is 9.99. The van der Waals surface area contributed by atoms with E-state index < -0.39 is 18.4 Å². The summed E-state index contributed by atoms with van der Waals surface area (Å²) in [6, 6.07) is 0. The molecule has 0 aliphatic carbocycles. The molecular weight excluding hydrogens is 405 g/mol. The van der Waals surface area contributed by atoms with Crippen LogP contribution in [0.3, 0.4) is 0 Å². The van der Waals surface area contributed by atoms with Crippen LogP contribution in [0.4, 0.5) is 0 Å². The maximum atomic E-state index is 4.88. The molecule has 0 saturated carbocycles. The van der Waals surface area contributed by atoms with Crippen molar-refractivity contribution in [1.82, 2.24) is 4.98 Å². The van der Waals surface area contributed by atoms with Crippen LogP contribution >= 0.6 is 11.3 Å². The number of nitrogens with zero attached hydrogens (tertiary/aromatic N) is 1. The Balaban J connectivity index is 1.91. The van der Waals surface area contributed by atoms with Gasteiger partial charge in [0, 0.05) is 0 Å². The van der Waals surface area contributed by atoms with E-state index in [-0.39, 0.29) is 0 Å². The molecule has 1 rings (SSSR count). The molecule has 0 spiro atoms. The van der Waals surface area contributed by atoms with Gasteiger partial charge < -0.3 is 0 Å². The van der Waals surface area contributed by atoms with Crippen LogP contribution < -0.4 is 3.02 Å². The molecule has 0 amide bonds. The van der Waals surface area contributed by atoms with Gasteiger partial charge in [-0.25, -0.2) is 0 Å². The molecule has 0 aliphatic rings. The van der Waals surface area contributed by atoms with Crippen molar-refractivity contribution in [3.8, 4) is 0 Å². The summed E-state index contributed by atoms with van der Waals surface area (Å²) in [4.78, 5) is 12.3. The van der Waals surface area contributed by atoms with E-state index in [1.165, 1.54) is 92.2 Å². The van der Waals surface area contributed by atoms with Crippen LogP contribution in [0.2, 0.25) is 14.8 Å². The second kappa shape index (κ2) is 12.7. The minimum absolute atomic E-state index is 1.20. The number of rotatable bonds is 14. The summed E-state index contributed by atoms with van der Waals surface area (Å²) in [6.07, 6.45) is 18.3. The van der Waals surface area contributed by atoms with Crippen LogP contribution in [0, 0.1) is 0 Å². The molecule has 1 aromatic heterocycles. The van der Waals surface area contributed by atoms with Gasteiger partial charge in [-0.3, -0.25) is 0 Å².